The van der Waals surface area contributed by atoms with Crippen molar-refractivity contribution in [2.75, 3.05) is 19.1 Å². The second-order valence-corrected chi connectivity index (χ2v) is 10.1. The first-order chi connectivity index (χ1) is 18.0. The standard InChI is InChI=1S/C26H17Cl4FN2O5/c1-10-4-5-11(8-14(10)31)32-22(13-9-12(37-2)6-7-15(13)38-3)23(26(32)36)33-24(34)16-17(25(33)35)19(28)21(30)20(29)18(16)27/h4-9,22-23H,1-3H3/t22-,23+/m0/s1. The Morgan fingerprint density at radius 1 is 0.763 bits per heavy atom. The first-order valence-corrected chi connectivity index (χ1v) is 12.6. The van der Waals surface area contributed by atoms with Crippen LogP contribution in [0.15, 0.2) is 36.4 Å². The number of fused-ring (bicyclic) bond motifs is 1. The highest BCUT2D eigenvalue weighted by atomic mass is 35.5. The van der Waals surface area contributed by atoms with Crippen LogP contribution in [0.25, 0.3) is 0 Å². The minimum atomic E-state index is -1.35. The van der Waals surface area contributed by atoms with Crippen LogP contribution in [-0.4, -0.2) is 42.9 Å². The molecule has 2 aliphatic rings. The summed E-state index contributed by atoms with van der Waals surface area (Å²) in [6.07, 6.45) is 0. The number of ether oxygens (including phenoxy) is 2. The highest BCUT2D eigenvalue weighted by molar-refractivity contribution is 6.55. The number of β-lactam (4-membered cyclic amide) rings is 1. The molecule has 7 nitrogen and oxygen atoms in total. The Labute approximate surface area is 236 Å². The van der Waals surface area contributed by atoms with E-state index in [9.17, 15) is 18.8 Å². The largest absolute Gasteiger partial charge is 0.497 e. The molecule has 1 fully saturated rings. The van der Waals surface area contributed by atoms with Crippen molar-refractivity contribution in [3.8, 4) is 11.5 Å². The molecule has 0 unspecified atom stereocenters. The molecular formula is C26H17Cl4FN2O5. The van der Waals surface area contributed by atoms with Gasteiger partial charge in [0.15, 0.2) is 0 Å². The lowest BCUT2D eigenvalue weighted by atomic mass is 9.85. The summed E-state index contributed by atoms with van der Waals surface area (Å²) in [6, 6.07) is 6.87. The number of halogens is 5. The number of benzene rings is 3. The van der Waals surface area contributed by atoms with E-state index in [1.54, 1.807) is 31.2 Å². The summed E-state index contributed by atoms with van der Waals surface area (Å²) in [5.41, 5.74) is 0.525. The molecule has 0 bridgehead atoms. The smallest absolute Gasteiger partial charge is 0.264 e. The van der Waals surface area contributed by atoms with Crippen molar-refractivity contribution < 1.29 is 28.2 Å². The van der Waals surface area contributed by atoms with Crippen molar-refractivity contribution in [2.24, 2.45) is 0 Å². The molecule has 0 radical (unpaired) electrons. The maximum atomic E-state index is 14.5. The maximum Gasteiger partial charge on any atom is 0.264 e. The summed E-state index contributed by atoms with van der Waals surface area (Å²) in [5, 5.41) is -0.890. The summed E-state index contributed by atoms with van der Waals surface area (Å²) >= 11 is 24.9. The Kier molecular flexibility index (Phi) is 6.72. The van der Waals surface area contributed by atoms with Gasteiger partial charge in [-0.25, -0.2) is 4.39 Å². The van der Waals surface area contributed by atoms with Crippen molar-refractivity contribution >= 4 is 69.8 Å². The molecule has 12 heteroatoms. The lowest BCUT2D eigenvalue weighted by Gasteiger charge is -2.50. The van der Waals surface area contributed by atoms with Crippen molar-refractivity contribution in [1.82, 2.24) is 4.90 Å². The Morgan fingerprint density at radius 3 is 1.89 bits per heavy atom. The van der Waals surface area contributed by atoms with E-state index in [-0.39, 0.29) is 36.9 Å². The van der Waals surface area contributed by atoms with E-state index in [0.717, 1.165) is 4.90 Å². The zero-order valence-corrected chi connectivity index (χ0v) is 23.0. The van der Waals surface area contributed by atoms with Crippen LogP contribution < -0.4 is 14.4 Å². The Balaban J connectivity index is 1.69. The molecule has 2 aliphatic heterocycles. The first kappa shape index (κ1) is 26.6. The monoisotopic (exact) mass is 596 g/mol. The number of amides is 3. The number of carbonyl (C=O) groups excluding carboxylic acids is 3. The van der Waals surface area contributed by atoms with Crippen molar-refractivity contribution in [3.05, 3.63) is 84.6 Å². The van der Waals surface area contributed by atoms with Crippen LogP contribution in [0.5, 0.6) is 11.5 Å². The summed E-state index contributed by atoms with van der Waals surface area (Å²) < 4.78 is 25.4. The van der Waals surface area contributed by atoms with Crippen LogP contribution >= 0.6 is 46.4 Å². The van der Waals surface area contributed by atoms with Gasteiger partial charge in [0.05, 0.1) is 51.5 Å². The van der Waals surface area contributed by atoms with E-state index in [1.807, 2.05) is 0 Å². The zero-order chi connectivity index (χ0) is 27.6. The van der Waals surface area contributed by atoms with Gasteiger partial charge in [-0.15, -0.1) is 0 Å². The van der Waals surface area contributed by atoms with Gasteiger partial charge in [-0.3, -0.25) is 19.3 Å². The van der Waals surface area contributed by atoms with E-state index < -0.39 is 35.6 Å². The molecule has 0 spiro atoms. The van der Waals surface area contributed by atoms with E-state index in [2.05, 4.69) is 0 Å². The number of rotatable bonds is 5. The number of nitrogens with zero attached hydrogens (tertiary/aromatic N) is 2. The molecule has 38 heavy (non-hydrogen) atoms. The average molecular weight is 598 g/mol. The maximum absolute atomic E-state index is 14.5. The predicted molar refractivity (Wildman–Crippen MR) is 142 cm³/mol. The van der Waals surface area contributed by atoms with Gasteiger partial charge in [0, 0.05) is 11.3 Å². The molecular weight excluding hydrogens is 581 g/mol. The number of hydrogen-bond acceptors (Lipinski definition) is 5. The van der Waals surface area contributed by atoms with Crippen LogP contribution in [0, 0.1) is 12.7 Å². The van der Waals surface area contributed by atoms with Gasteiger partial charge < -0.3 is 14.4 Å². The van der Waals surface area contributed by atoms with Gasteiger partial charge in [0.1, 0.15) is 23.4 Å². The molecule has 3 amide bonds. The minimum Gasteiger partial charge on any atom is -0.497 e. The minimum absolute atomic E-state index is 0.192. The molecule has 1 saturated heterocycles. The SMILES string of the molecule is COc1ccc(OC)c([C@H]2[C@@H](N3C(=O)c4c(Cl)c(Cl)c(Cl)c(Cl)c4C3=O)C(=O)N2c2ccc(C)c(F)c2)c1. The lowest BCUT2D eigenvalue weighted by molar-refractivity contribution is -0.130. The summed E-state index contributed by atoms with van der Waals surface area (Å²) in [6.45, 7) is 1.59. The molecule has 2 heterocycles. The summed E-state index contributed by atoms with van der Waals surface area (Å²) in [7, 11) is 2.89. The predicted octanol–water partition coefficient (Wildman–Crippen LogP) is 6.52. The molecule has 2 atom stereocenters. The van der Waals surface area contributed by atoms with E-state index in [4.69, 9.17) is 55.9 Å². The Morgan fingerprint density at radius 2 is 1.37 bits per heavy atom. The van der Waals surface area contributed by atoms with Crippen LogP contribution in [-0.2, 0) is 4.79 Å². The van der Waals surface area contributed by atoms with Gasteiger partial charge in [0.2, 0.25) is 0 Å². The third-order valence-electron chi connectivity index (χ3n) is 6.67. The topological polar surface area (TPSA) is 76.1 Å². The number of methoxy groups -OCH3 is 2. The zero-order valence-electron chi connectivity index (χ0n) is 19.9. The second kappa shape index (κ2) is 9.61. The molecule has 0 aliphatic carbocycles. The van der Waals surface area contributed by atoms with Crippen LogP contribution in [0.2, 0.25) is 20.1 Å². The molecule has 0 N–H and O–H groups in total. The fraction of sp³-hybridized carbons (Fsp3) is 0.192. The number of anilines is 1. The molecule has 0 saturated carbocycles. The Bertz CT molecular complexity index is 1520. The fourth-order valence-electron chi connectivity index (χ4n) is 4.74. The van der Waals surface area contributed by atoms with Crippen LogP contribution in [0.4, 0.5) is 10.1 Å². The number of hydrogen-bond donors (Lipinski definition) is 0. The summed E-state index contributed by atoms with van der Waals surface area (Å²) in [4.78, 5) is 43.0. The van der Waals surface area contributed by atoms with E-state index in [0.29, 0.717) is 22.6 Å². The Hall–Kier alpha value is -3.04. The van der Waals surface area contributed by atoms with Gasteiger partial charge >= 0.3 is 0 Å². The van der Waals surface area contributed by atoms with Gasteiger partial charge in [0.25, 0.3) is 17.7 Å². The molecule has 3 aromatic rings. The van der Waals surface area contributed by atoms with Gasteiger partial charge in [-0.2, -0.15) is 0 Å². The fourth-order valence-corrected chi connectivity index (χ4v) is 5.76. The summed E-state index contributed by atoms with van der Waals surface area (Å²) in [5.74, 6) is -2.11. The number of imide groups is 1. The quantitative estimate of drug-likeness (QED) is 0.145. The van der Waals surface area contributed by atoms with Crippen LogP contribution in [0.3, 0.4) is 0 Å². The number of carbonyl (C=O) groups is 3. The molecule has 3 aromatic carbocycles. The van der Waals surface area contributed by atoms with Crippen molar-refractivity contribution in [1.29, 1.82) is 0 Å². The third-order valence-corrected chi connectivity index (χ3v) is 8.47. The molecule has 196 valence electrons. The highest BCUT2D eigenvalue weighted by Gasteiger charge is 2.59. The average Bonchev–Trinajstić information content (AvgIpc) is 3.16. The third kappa shape index (κ3) is 3.73. The lowest BCUT2D eigenvalue weighted by Crippen LogP contribution is -2.67. The van der Waals surface area contributed by atoms with Crippen molar-refractivity contribution in [3.63, 3.8) is 0 Å². The second-order valence-electron chi connectivity index (χ2n) is 8.63. The van der Waals surface area contributed by atoms with Crippen LogP contribution in [0.1, 0.15) is 37.9 Å². The highest BCUT2D eigenvalue weighted by Crippen LogP contribution is 2.50. The van der Waals surface area contributed by atoms with Gasteiger partial charge in [-0.05, 0) is 42.8 Å². The molecule has 0 aromatic heterocycles. The van der Waals surface area contributed by atoms with Crippen molar-refractivity contribution in [2.45, 2.75) is 19.0 Å². The van der Waals surface area contributed by atoms with Gasteiger partial charge in [-0.1, -0.05) is 52.5 Å². The normalized spacial score (nSPS) is 18.6. The molecule has 5 rings (SSSR count). The van der Waals surface area contributed by atoms with E-state index >= 15 is 0 Å². The number of aryl methyl sites for hydroxylation is 1. The van der Waals surface area contributed by atoms with E-state index in [1.165, 1.54) is 31.3 Å². The first-order valence-electron chi connectivity index (χ1n) is 11.1.